The number of aryl methyl sites for hydroxylation is 1. The number of hydrogen-bond donors (Lipinski definition) is 1. The first-order valence-electron chi connectivity index (χ1n) is 11.3. The topological polar surface area (TPSA) is 82.5 Å². The number of hydrogen-bond acceptors (Lipinski definition) is 6. The fraction of sp³-hybridized carbons (Fsp3) is 0.346. The zero-order chi connectivity index (χ0) is 23.5. The number of unbranched alkanes of at least 4 members (excludes halogenated alkanes) is 1. The van der Waals surface area contributed by atoms with Gasteiger partial charge in [-0.3, -0.25) is 14.2 Å². The van der Waals surface area contributed by atoms with Gasteiger partial charge in [-0.15, -0.1) is 0 Å². The predicted octanol–water partition coefficient (Wildman–Crippen LogP) is 4.31. The summed E-state index contributed by atoms with van der Waals surface area (Å²) in [7, 11) is 1.65. The Labute approximate surface area is 194 Å². The van der Waals surface area contributed by atoms with Crippen LogP contribution in [-0.4, -0.2) is 35.8 Å². The zero-order valence-electron chi connectivity index (χ0n) is 19.3. The zero-order valence-corrected chi connectivity index (χ0v) is 19.3. The molecule has 0 aliphatic rings. The number of esters is 1. The molecule has 7 nitrogen and oxygen atoms in total. The maximum Gasteiger partial charge on any atom is 0.326 e. The molecule has 1 N–H and O–H groups in total. The molecule has 0 aliphatic carbocycles. The average Bonchev–Trinajstić information content (AvgIpc) is 2.85. The van der Waals surface area contributed by atoms with Crippen molar-refractivity contribution in [2.24, 2.45) is 0 Å². The van der Waals surface area contributed by atoms with Gasteiger partial charge in [0.1, 0.15) is 23.8 Å². The van der Waals surface area contributed by atoms with Gasteiger partial charge in [0.2, 0.25) is 0 Å². The number of nitrogens with zero attached hydrogens (tertiary/aromatic N) is 2. The van der Waals surface area contributed by atoms with E-state index in [0.29, 0.717) is 24.7 Å². The fourth-order valence-electron chi connectivity index (χ4n) is 3.39. The number of benzene rings is 2. The van der Waals surface area contributed by atoms with Gasteiger partial charge >= 0.3 is 5.97 Å². The van der Waals surface area contributed by atoms with Crippen LogP contribution in [0.2, 0.25) is 0 Å². The second-order valence-electron chi connectivity index (χ2n) is 7.71. The molecule has 2 aromatic carbocycles. The third-order valence-electron chi connectivity index (χ3n) is 5.24. The number of methoxy groups -OCH3 is 1. The summed E-state index contributed by atoms with van der Waals surface area (Å²) in [6.45, 7) is 2.80. The van der Waals surface area contributed by atoms with Crippen LogP contribution in [0.4, 0.5) is 5.69 Å². The smallest absolute Gasteiger partial charge is 0.326 e. The molecule has 0 bridgehead atoms. The molecule has 0 fully saturated rings. The molecule has 0 saturated carbocycles. The van der Waals surface area contributed by atoms with E-state index in [9.17, 15) is 9.59 Å². The number of carbonyl (C=O) groups is 1. The molecule has 1 heterocycles. The number of nitrogens with one attached hydrogen (secondary N) is 1. The number of anilines is 1. The maximum absolute atomic E-state index is 13.2. The first-order chi connectivity index (χ1) is 16.1. The summed E-state index contributed by atoms with van der Waals surface area (Å²) in [6.07, 6.45) is 4.97. The monoisotopic (exact) mass is 449 g/mol. The molecule has 0 atom stereocenters. The molecule has 0 radical (unpaired) electrons. The Morgan fingerprint density at radius 3 is 2.52 bits per heavy atom. The van der Waals surface area contributed by atoms with Crippen LogP contribution >= 0.6 is 0 Å². The van der Waals surface area contributed by atoms with Gasteiger partial charge in [0, 0.05) is 12.1 Å². The van der Waals surface area contributed by atoms with Crippen LogP contribution in [0, 0.1) is 0 Å². The lowest BCUT2D eigenvalue weighted by Gasteiger charge is -2.14. The van der Waals surface area contributed by atoms with E-state index in [-0.39, 0.29) is 12.1 Å². The summed E-state index contributed by atoms with van der Waals surface area (Å²) >= 11 is 0. The Morgan fingerprint density at radius 2 is 1.82 bits per heavy atom. The highest BCUT2D eigenvalue weighted by molar-refractivity contribution is 5.70. The molecule has 3 aromatic rings. The van der Waals surface area contributed by atoms with Crippen LogP contribution in [0.3, 0.4) is 0 Å². The highest BCUT2D eigenvalue weighted by Crippen LogP contribution is 2.17. The number of rotatable bonds is 12. The van der Waals surface area contributed by atoms with E-state index in [2.05, 4.69) is 10.3 Å². The van der Waals surface area contributed by atoms with Crippen LogP contribution in [0.25, 0.3) is 11.4 Å². The van der Waals surface area contributed by atoms with Gasteiger partial charge in [0.15, 0.2) is 0 Å². The lowest BCUT2D eigenvalue weighted by atomic mass is 10.1. The van der Waals surface area contributed by atoms with Crippen LogP contribution < -0.4 is 15.6 Å². The molecular weight excluding hydrogens is 418 g/mol. The first-order valence-corrected chi connectivity index (χ1v) is 11.3. The third kappa shape index (κ3) is 6.94. The highest BCUT2D eigenvalue weighted by Gasteiger charge is 2.15. The quantitative estimate of drug-likeness (QED) is 0.328. The molecule has 7 heteroatoms. The second kappa shape index (κ2) is 12.4. The highest BCUT2D eigenvalue weighted by atomic mass is 16.5. The Bertz CT molecular complexity index is 1080. The van der Waals surface area contributed by atoms with Gasteiger partial charge < -0.3 is 14.8 Å². The van der Waals surface area contributed by atoms with Crippen molar-refractivity contribution in [3.05, 3.63) is 76.7 Å². The van der Waals surface area contributed by atoms with Gasteiger partial charge in [0.05, 0.1) is 19.9 Å². The molecule has 1 aromatic heterocycles. The van der Waals surface area contributed by atoms with E-state index in [0.717, 1.165) is 37.0 Å². The summed E-state index contributed by atoms with van der Waals surface area (Å²) in [5, 5.41) is 3.18. The van der Waals surface area contributed by atoms with Crippen molar-refractivity contribution in [1.29, 1.82) is 0 Å². The van der Waals surface area contributed by atoms with Crippen molar-refractivity contribution in [2.45, 2.75) is 39.2 Å². The molecular formula is C26H31N3O4. The minimum atomic E-state index is -0.443. The van der Waals surface area contributed by atoms with E-state index in [1.54, 1.807) is 7.11 Å². The predicted molar refractivity (Wildman–Crippen MR) is 130 cm³/mol. The van der Waals surface area contributed by atoms with Crippen molar-refractivity contribution < 1.29 is 14.3 Å². The van der Waals surface area contributed by atoms with Gasteiger partial charge in [0.25, 0.3) is 5.56 Å². The number of carbonyl (C=O) groups excluding carboxylic acids is 1. The number of aromatic nitrogens is 2. The van der Waals surface area contributed by atoms with Crippen molar-refractivity contribution in [3.8, 4) is 17.1 Å². The minimum absolute atomic E-state index is 0.179. The van der Waals surface area contributed by atoms with Crippen LogP contribution in [0.1, 0.15) is 31.7 Å². The molecule has 0 unspecified atom stereocenters. The largest absolute Gasteiger partial charge is 0.497 e. The van der Waals surface area contributed by atoms with Gasteiger partial charge in [-0.25, -0.2) is 4.98 Å². The minimum Gasteiger partial charge on any atom is -0.497 e. The molecule has 3 rings (SSSR count). The second-order valence-corrected chi connectivity index (χ2v) is 7.71. The molecule has 33 heavy (non-hydrogen) atoms. The Morgan fingerprint density at radius 1 is 1.06 bits per heavy atom. The lowest BCUT2D eigenvalue weighted by Crippen LogP contribution is -2.30. The van der Waals surface area contributed by atoms with E-state index in [1.807, 2.05) is 61.5 Å². The van der Waals surface area contributed by atoms with Crippen molar-refractivity contribution in [3.63, 3.8) is 0 Å². The lowest BCUT2D eigenvalue weighted by molar-refractivity contribution is -0.144. The van der Waals surface area contributed by atoms with Crippen LogP contribution in [0.5, 0.6) is 5.75 Å². The SMILES string of the molecule is CCCCOC(=O)Cn1c(-c2ccccc2)ncc(NCCCc2ccc(OC)cc2)c1=O. The molecule has 0 spiro atoms. The van der Waals surface area contributed by atoms with Gasteiger partial charge in [-0.05, 0) is 37.0 Å². The maximum atomic E-state index is 13.2. The summed E-state index contributed by atoms with van der Waals surface area (Å²) in [4.78, 5) is 30.1. The Hall–Kier alpha value is -3.61. The summed E-state index contributed by atoms with van der Waals surface area (Å²) in [5.74, 6) is 0.827. The molecule has 0 amide bonds. The van der Waals surface area contributed by atoms with Crippen molar-refractivity contribution in [2.75, 3.05) is 25.6 Å². The van der Waals surface area contributed by atoms with Crippen molar-refractivity contribution in [1.82, 2.24) is 9.55 Å². The number of ether oxygens (including phenoxy) is 2. The Balaban J connectivity index is 1.71. The Kier molecular flexibility index (Phi) is 9.06. The third-order valence-corrected chi connectivity index (χ3v) is 5.24. The van der Waals surface area contributed by atoms with E-state index in [1.165, 1.54) is 16.3 Å². The first kappa shape index (κ1) is 24.0. The van der Waals surface area contributed by atoms with E-state index < -0.39 is 5.97 Å². The van der Waals surface area contributed by atoms with Crippen molar-refractivity contribution >= 4 is 11.7 Å². The average molecular weight is 450 g/mol. The standard InChI is InChI=1S/C26H31N3O4/c1-3-4-17-33-24(30)19-29-25(21-10-6-5-7-11-21)28-18-23(26(29)31)27-16-8-9-20-12-14-22(32-2)15-13-20/h5-7,10-15,18,27H,3-4,8-9,16-17,19H2,1-2H3. The summed E-state index contributed by atoms with van der Waals surface area (Å²) in [6, 6.07) is 17.3. The normalized spacial score (nSPS) is 10.6. The van der Waals surface area contributed by atoms with Gasteiger partial charge in [-0.1, -0.05) is 55.8 Å². The molecule has 0 saturated heterocycles. The summed E-state index contributed by atoms with van der Waals surface area (Å²) in [5.41, 5.74) is 2.04. The van der Waals surface area contributed by atoms with Crippen LogP contribution in [0.15, 0.2) is 65.6 Å². The fourth-order valence-corrected chi connectivity index (χ4v) is 3.39. The van der Waals surface area contributed by atoms with E-state index in [4.69, 9.17) is 9.47 Å². The molecule has 174 valence electrons. The van der Waals surface area contributed by atoms with Gasteiger partial charge in [-0.2, -0.15) is 0 Å². The van der Waals surface area contributed by atoms with E-state index >= 15 is 0 Å². The van der Waals surface area contributed by atoms with Crippen LogP contribution in [-0.2, 0) is 22.5 Å². The molecule has 0 aliphatic heterocycles. The summed E-state index contributed by atoms with van der Waals surface area (Å²) < 4.78 is 11.8.